The number of aromatic amines is 1. The molecule has 0 fully saturated rings. The molecule has 3 N–H and O–H groups in total. The Morgan fingerprint density at radius 3 is 2.94 bits per heavy atom. The van der Waals surface area contributed by atoms with Gasteiger partial charge in [-0.2, -0.15) is 9.97 Å². The number of anilines is 1. The number of rotatable bonds is 4. The molecule has 0 amide bonds. The van der Waals surface area contributed by atoms with Gasteiger partial charge in [-0.15, -0.1) is 11.3 Å². The van der Waals surface area contributed by atoms with E-state index in [-0.39, 0.29) is 16.9 Å². The van der Waals surface area contributed by atoms with Gasteiger partial charge < -0.3 is 15.4 Å². The topological polar surface area (TPSA) is 121 Å². The molecule has 31 heavy (non-hydrogen) atoms. The minimum atomic E-state index is -0.521. The van der Waals surface area contributed by atoms with Gasteiger partial charge in [-0.3, -0.25) is 9.20 Å². The van der Waals surface area contributed by atoms with Crippen molar-refractivity contribution in [2.45, 2.75) is 19.9 Å². The molecule has 1 aromatic carbocycles. The third-order valence-corrected chi connectivity index (χ3v) is 5.86. The minimum Gasteiger partial charge on any atom is -0.479 e. The van der Waals surface area contributed by atoms with Crippen LogP contribution in [-0.4, -0.2) is 34.4 Å². The summed E-state index contributed by atoms with van der Waals surface area (Å²) in [6.07, 6.45) is 1.44. The average molecular weight is 437 g/mol. The molecule has 11 heteroatoms. The number of hydrogen-bond donors (Lipinski definition) is 3. The van der Waals surface area contributed by atoms with Crippen LogP contribution in [0.4, 0.5) is 10.2 Å². The van der Waals surface area contributed by atoms with Gasteiger partial charge in [-0.1, -0.05) is 12.1 Å². The predicted octanol–water partition coefficient (Wildman–Crippen LogP) is 3.42. The predicted molar refractivity (Wildman–Crippen MR) is 115 cm³/mol. The molecular weight excluding hydrogens is 421 g/mol. The van der Waals surface area contributed by atoms with Crippen molar-refractivity contribution in [3.8, 4) is 17.1 Å². The van der Waals surface area contributed by atoms with E-state index < -0.39 is 17.9 Å². The molecule has 5 aromatic rings. The second-order valence-electron chi connectivity index (χ2n) is 7.02. The molecule has 0 bridgehead atoms. The first-order chi connectivity index (χ1) is 14.9. The van der Waals surface area contributed by atoms with Crippen molar-refractivity contribution in [1.82, 2.24) is 29.3 Å². The Kier molecular flexibility index (Phi) is 4.40. The number of fused-ring (bicyclic) bond motifs is 2. The summed E-state index contributed by atoms with van der Waals surface area (Å²) in [6, 6.07) is 4.92. The van der Waals surface area contributed by atoms with Crippen molar-refractivity contribution in [3.05, 3.63) is 63.5 Å². The van der Waals surface area contributed by atoms with Gasteiger partial charge in [-0.25, -0.2) is 14.4 Å². The molecule has 0 aliphatic carbocycles. The van der Waals surface area contributed by atoms with E-state index >= 15 is 0 Å². The highest BCUT2D eigenvalue weighted by atomic mass is 32.1. The summed E-state index contributed by atoms with van der Waals surface area (Å²) >= 11 is 1.35. The van der Waals surface area contributed by atoms with E-state index in [4.69, 9.17) is 4.98 Å². The Bertz CT molecular complexity index is 1510. The lowest BCUT2D eigenvalue weighted by molar-refractivity contribution is 0.433. The van der Waals surface area contributed by atoms with Crippen molar-refractivity contribution in [1.29, 1.82) is 0 Å². The molecule has 0 radical (unpaired) electrons. The van der Waals surface area contributed by atoms with Crippen molar-refractivity contribution in [2.24, 2.45) is 0 Å². The molecule has 156 valence electrons. The molecule has 1 unspecified atom stereocenters. The van der Waals surface area contributed by atoms with Crippen LogP contribution in [0.2, 0.25) is 0 Å². The van der Waals surface area contributed by atoms with Gasteiger partial charge in [0.25, 0.3) is 5.56 Å². The first-order valence-corrected chi connectivity index (χ1v) is 10.2. The number of halogens is 1. The van der Waals surface area contributed by atoms with Gasteiger partial charge in [0.05, 0.1) is 23.6 Å². The van der Waals surface area contributed by atoms with Gasteiger partial charge in [0.2, 0.25) is 0 Å². The van der Waals surface area contributed by atoms with Crippen LogP contribution in [0.5, 0.6) is 6.01 Å². The summed E-state index contributed by atoms with van der Waals surface area (Å²) in [5.41, 5.74) is 2.41. The number of nitrogens with zero attached hydrogens (tertiary/aromatic N) is 5. The van der Waals surface area contributed by atoms with E-state index in [1.54, 1.807) is 19.1 Å². The van der Waals surface area contributed by atoms with Gasteiger partial charge in [-0.05, 0) is 31.5 Å². The lowest BCUT2D eigenvalue weighted by atomic mass is 10.0. The van der Waals surface area contributed by atoms with E-state index in [1.807, 2.05) is 12.3 Å². The summed E-state index contributed by atoms with van der Waals surface area (Å²) in [5, 5.41) is 14.8. The third kappa shape index (κ3) is 3.19. The average Bonchev–Trinajstić information content (AvgIpc) is 3.34. The van der Waals surface area contributed by atoms with Crippen LogP contribution in [0.1, 0.15) is 24.4 Å². The summed E-state index contributed by atoms with van der Waals surface area (Å²) in [6.45, 7) is 3.63. The summed E-state index contributed by atoms with van der Waals surface area (Å²) in [4.78, 5) is 33.6. The molecule has 0 saturated heterocycles. The Balaban J connectivity index is 1.70. The van der Waals surface area contributed by atoms with Crippen molar-refractivity contribution in [2.75, 3.05) is 5.32 Å². The number of aryl methyl sites for hydroxylation is 1. The molecule has 4 aromatic heterocycles. The van der Waals surface area contributed by atoms with E-state index in [1.165, 1.54) is 34.2 Å². The van der Waals surface area contributed by atoms with Crippen LogP contribution in [-0.2, 0) is 0 Å². The summed E-state index contributed by atoms with van der Waals surface area (Å²) in [7, 11) is 0. The highest BCUT2D eigenvalue weighted by molar-refractivity contribution is 7.15. The molecule has 0 aliphatic heterocycles. The highest BCUT2D eigenvalue weighted by Gasteiger charge is 2.23. The SMILES string of the molecule is Cc1csc2nc(C(C)Nc3nc(O)nc4[nH]cnc34)c(-c3cccc(F)c3)c(=O)n12. The zero-order valence-corrected chi connectivity index (χ0v) is 17.2. The lowest BCUT2D eigenvalue weighted by Crippen LogP contribution is -2.23. The molecular formula is C20H16FN7O2S. The van der Waals surface area contributed by atoms with E-state index in [2.05, 4.69) is 25.3 Å². The number of thiazole rings is 1. The molecule has 1 atom stereocenters. The van der Waals surface area contributed by atoms with Crippen molar-refractivity contribution < 1.29 is 9.50 Å². The number of H-pyrrole nitrogens is 1. The van der Waals surface area contributed by atoms with Crippen LogP contribution in [0.15, 0.2) is 40.8 Å². The summed E-state index contributed by atoms with van der Waals surface area (Å²) in [5.74, 6) is -0.166. The van der Waals surface area contributed by atoms with Crippen molar-refractivity contribution in [3.63, 3.8) is 0 Å². The second kappa shape index (κ2) is 7.13. The monoisotopic (exact) mass is 437 g/mol. The number of benzene rings is 1. The largest absolute Gasteiger partial charge is 0.479 e. The number of aromatic hydroxyl groups is 1. The molecule has 0 saturated carbocycles. The number of nitrogens with one attached hydrogen (secondary N) is 2. The maximum absolute atomic E-state index is 14.0. The van der Waals surface area contributed by atoms with Crippen LogP contribution >= 0.6 is 11.3 Å². The van der Waals surface area contributed by atoms with Gasteiger partial charge >= 0.3 is 6.01 Å². The smallest absolute Gasteiger partial charge is 0.317 e. The van der Waals surface area contributed by atoms with Gasteiger partial charge in [0.1, 0.15) is 5.82 Å². The Hall–Kier alpha value is -3.86. The Morgan fingerprint density at radius 1 is 1.29 bits per heavy atom. The van der Waals surface area contributed by atoms with Crippen LogP contribution < -0.4 is 10.9 Å². The van der Waals surface area contributed by atoms with Crippen LogP contribution in [0, 0.1) is 12.7 Å². The Labute approximate surface area is 178 Å². The normalized spacial score (nSPS) is 12.5. The second-order valence-corrected chi connectivity index (χ2v) is 7.86. The van der Waals surface area contributed by atoms with E-state index in [9.17, 15) is 14.3 Å². The first kappa shape index (κ1) is 19.1. The van der Waals surface area contributed by atoms with E-state index in [0.29, 0.717) is 27.4 Å². The van der Waals surface area contributed by atoms with Gasteiger partial charge in [0.15, 0.2) is 21.9 Å². The Morgan fingerprint density at radius 2 is 2.13 bits per heavy atom. The highest BCUT2D eigenvalue weighted by Crippen LogP contribution is 2.30. The maximum atomic E-state index is 14.0. The fourth-order valence-corrected chi connectivity index (χ4v) is 4.39. The number of imidazole rings is 1. The fourth-order valence-electron chi connectivity index (χ4n) is 3.52. The molecule has 5 rings (SSSR count). The fraction of sp³-hybridized carbons (Fsp3) is 0.150. The standard InChI is InChI=1S/C20H16FN7O2S/c1-9-7-31-20-25-14(13(18(29)28(9)20)11-4-3-5-12(21)6-11)10(2)24-17-15-16(23-8-22-15)26-19(30)27-17/h3-8,10H,1-2H3,(H3,22,23,24,26,27,30). The first-order valence-electron chi connectivity index (χ1n) is 9.35. The number of hydrogen-bond acceptors (Lipinski definition) is 8. The molecule has 4 heterocycles. The number of aromatic nitrogens is 6. The van der Waals surface area contributed by atoms with Crippen LogP contribution in [0.25, 0.3) is 27.3 Å². The third-order valence-electron chi connectivity index (χ3n) is 4.91. The quantitative estimate of drug-likeness (QED) is 0.394. The van der Waals surface area contributed by atoms with Gasteiger partial charge in [0, 0.05) is 11.1 Å². The molecule has 0 aliphatic rings. The maximum Gasteiger partial charge on any atom is 0.317 e. The van der Waals surface area contributed by atoms with Crippen molar-refractivity contribution >= 4 is 33.3 Å². The zero-order valence-electron chi connectivity index (χ0n) is 16.4. The molecule has 0 spiro atoms. The minimum absolute atomic E-state index is 0.283. The van der Waals surface area contributed by atoms with Crippen LogP contribution in [0.3, 0.4) is 0 Å². The molecule has 9 nitrogen and oxygen atoms in total. The lowest BCUT2D eigenvalue weighted by Gasteiger charge is -2.18. The van der Waals surface area contributed by atoms with E-state index in [0.717, 1.165) is 5.69 Å². The zero-order chi connectivity index (χ0) is 21.7. The summed E-state index contributed by atoms with van der Waals surface area (Å²) < 4.78 is 15.5.